The smallest absolute Gasteiger partial charge is 0.255 e. The standard InChI is InChI=1S/C10H12ClN3O2/c11-8-5-9(15)14(7-12-8)6-10(16)13-3-1-2-4-13/h5,7H,1-4,6H2. The lowest BCUT2D eigenvalue weighted by Gasteiger charge is -2.15. The van der Waals surface area contributed by atoms with Crippen LogP contribution in [0.2, 0.25) is 5.15 Å². The van der Waals surface area contributed by atoms with E-state index in [0.717, 1.165) is 25.9 Å². The van der Waals surface area contributed by atoms with E-state index in [2.05, 4.69) is 4.98 Å². The Morgan fingerprint density at radius 2 is 2.12 bits per heavy atom. The Balaban J connectivity index is 2.08. The summed E-state index contributed by atoms with van der Waals surface area (Å²) in [6, 6.07) is 1.21. The molecule has 0 unspecified atom stereocenters. The van der Waals surface area contributed by atoms with E-state index in [0.29, 0.717) is 0 Å². The van der Waals surface area contributed by atoms with Crippen molar-refractivity contribution < 1.29 is 4.79 Å². The van der Waals surface area contributed by atoms with Crippen molar-refractivity contribution in [2.75, 3.05) is 13.1 Å². The number of aromatic nitrogens is 2. The number of halogens is 1. The quantitative estimate of drug-likeness (QED) is 0.710. The second kappa shape index (κ2) is 4.65. The fourth-order valence-electron chi connectivity index (χ4n) is 1.73. The summed E-state index contributed by atoms with van der Waals surface area (Å²) in [6.07, 6.45) is 3.39. The van der Waals surface area contributed by atoms with Crippen molar-refractivity contribution in [3.05, 3.63) is 27.9 Å². The van der Waals surface area contributed by atoms with Gasteiger partial charge in [0.25, 0.3) is 5.56 Å². The van der Waals surface area contributed by atoms with E-state index in [1.807, 2.05) is 0 Å². The van der Waals surface area contributed by atoms with Gasteiger partial charge in [-0.05, 0) is 12.8 Å². The van der Waals surface area contributed by atoms with Crippen molar-refractivity contribution >= 4 is 17.5 Å². The average molecular weight is 242 g/mol. The third kappa shape index (κ3) is 2.41. The Labute approximate surface area is 97.7 Å². The van der Waals surface area contributed by atoms with Gasteiger partial charge in [0.1, 0.15) is 11.7 Å². The maximum Gasteiger partial charge on any atom is 0.255 e. The Kier molecular flexibility index (Phi) is 3.24. The number of rotatable bonds is 2. The molecule has 0 spiro atoms. The predicted molar refractivity (Wildman–Crippen MR) is 59.3 cm³/mol. The predicted octanol–water partition coefficient (Wildman–Crippen LogP) is 0.519. The van der Waals surface area contributed by atoms with Gasteiger partial charge in [-0.25, -0.2) is 4.98 Å². The first-order valence-electron chi connectivity index (χ1n) is 5.16. The zero-order valence-corrected chi connectivity index (χ0v) is 9.48. The highest BCUT2D eigenvalue weighted by Crippen LogP contribution is 2.07. The van der Waals surface area contributed by atoms with Crippen LogP contribution in [0.5, 0.6) is 0 Å². The number of carbonyl (C=O) groups excluding carboxylic acids is 1. The number of likely N-dealkylation sites (tertiary alicyclic amines) is 1. The van der Waals surface area contributed by atoms with Gasteiger partial charge in [-0.1, -0.05) is 11.6 Å². The topological polar surface area (TPSA) is 55.2 Å². The van der Waals surface area contributed by atoms with E-state index >= 15 is 0 Å². The highest BCUT2D eigenvalue weighted by Gasteiger charge is 2.18. The number of amides is 1. The normalized spacial score (nSPS) is 15.4. The second-order valence-electron chi connectivity index (χ2n) is 3.77. The van der Waals surface area contributed by atoms with Crippen LogP contribution in [0.3, 0.4) is 0 Å². The van der Waals surface area contributed by atoms with Crippen LogP contribution in [0, 0.1) is 0 Å². The molecule has 5 nitrogen and oxygen atoms in total. The zero-order valence-electron chi connectivity index (χ0n) is 8.73. The number of carbonyl (C=O) groups is 1. The molecule has 1 amide bonds. The Morgan fingerprint density at radius 1 is 1.44 bits per heavy atom. The first kappa shape index (κ1) is 11.1. The molecular weight excluding hydrogens is 230 g/mol. The van der Waals surface area contributed by atoms with Gasteiger partial charge in [0.2, 0.25) is 5.91 Å². The molecule has 0 bridgehead atoms. The van der Waals surface area contributed by atoms with Gasteiger partial charge < -0.3 is 4.90 Å². The van der Waals surface area contributed by atoms with Crippen molar-refractivity contribution in [2.24, 2.45) is 0 Å². The Hall–Kier alpha value is -1.36. The molecule has 0 aliphatic carbocycles. The first-order valence-corrected chi connectivity index (χ1v) is 5.54. The summed E-state index contributed by atoms with van der Waals surface area (Å²) in [6.45, 7) is 1.62. The molecule has 1 aromatic rings. The molecular formula is C10H12ClN3O2. The minimum Gasteiger partial charge on any atom is -0.341 e. The van der Waals surface area contributed by atoms with Gasteiger partial charge in [-0.15, -0.1) is 0 Å². The molecule has 0 atom stereocenters. The van der Waals surface area contributed by atoms with Gasteiger partial charge in [-0.3, -0.25) is 14.2 Å². The van der Waals surface area contributed by atoms with E-state index in [1.54, 1.807) is 4.90 Å². The lowest BCUT2D eigenvalue weighted by molar-refractivity contribution is -0.130. The van der Waals surface area contributed by atoms with Crippen LogP contribution in [0.25, 0.3) is 0 Å². The average Bonchev–Trinajstić information content (AvgIpc) is 2.75. The SMILES string of the molecule is O=C(Cn1cnc(Cl)cc1=O)N1CCCC1. The van der Waals surface area contributed by atoms with Gasteiger partial charge in [0.15, 0.2) is 0 Å². The summed E-state index contributed by atoms with van der Waals surface area (Å²) in [7, 11) is 0. The molecule has 1 aliphatic rings. The van der Waals surface area contributed by atoms with Crippen molar-refractivity contribution in [3.8, 4) is 0 Å². The molecule has 1 saturated heterocycles. The van der Waals surface area contributed by atoms with E-state index in [9.17, 15) is 9.59 Å². The van der Waals surface area contributed by atoms with Crippen LogP contribution in [0.15, 0.2) is 17.2 Å². The highest BCUT2D eigenvalue weighted by molar-refractivity contribution is 6.29. The van der Waals surface area contributed by atoms with Crippen molar-refractivity contribution in [1.82, 2.24) is 14.5 Å². The molecule has 6 heteroatoms. The minimum absolute atomic E-state index is 0.0382. The third-order valence-electron chi connectivity index (χ3n) is 2.61. The Bertz CT molecular complexity index is 452. The third-order valence-corrected chi connectivity index (χ3v) is 2.82. The summed E-state index contributed by atoms with van der Waals surface area (Å²) < 4.78 is 1.27. The molecule has 86 valence electrons. The molecule has 16 heavy (non-hydrogen) atoms. The van der Waals surface area contributed by atoms with Crippen LogP contribution in [-0.4, -0.2) is 33.4 Å². The van der Waals surface area contributed by atoms with Crippen LogP contribution >= 0.6 is 11.6 Å². The van der Waals surface area contributed by atoms with Gasteiger partial charge in [-0.2, -0.15) is 0 Å². The lowest BCUT2D eigenvalue weighted by atomic mass is 10.4. The second-order valence-corrected chi connectivity index (χ2v) is 4.15. The summed E-state index contributed by atoms with van der Waals surface area (Å²) in [5, 5.41) is 0.148. The minimum atomic E-state index is -0.299. The largest absolute Gasteiger partial charge is 0.341 e. The van der Waals surface area contributed by atoms with Crippen LogP contribution in [0.4, 0.5) is 0 Å². The number of hydrogen-bond acceptors (Lipinski definition) is 3. The molecule has 0 radical (unpaired) electrons. The fraction of sp³-hybridized carbons (Fsp3) is 0.500. The van der Waals surface area contributed by atoms with E-state index < -0.39 is 0 Å². The summed E-state index contributed by atoms with van der Waals surface area (Å²) in [5.74, 6) is -0.0382. The van der Waals surface area contributed by atoms with Gasteiger partial charge >= 0.3 is 0 Å². The van der Waals surface area contributed by atoms with Crippen molar-refractivity contribution in [1.29, 1.82) is 0 Å². The number of nitrogens with zero attached hydrogens (tertiary/aromatic N) is 3. The first-order chi connectivity index (χ1) is 7.66. The van der Waals surface area contributed by atoms with E-state index in [-0.39, 0.29) is 23.2 Å². The molecule has 0 N–H and O–H groups in total. The van der Waals surface area contributed by atoms with Crippen molar-refractivity contribution in [3.63, 3.8) is 0 Å². The van der Waals surface area contributed by atoms with Gasteiger partial charge in [0, 0.05) is 19.2 Å². The molecule has 2 heterocycles. The number of hydrogen-bond donors (Lipinski definition) is 0. The molecule has 1 fully saturated rings. The molecule has 1 aliphatic heterocycles. The summed E-state index contributed by atoms with van der Waals surface area (Å²) in [5.41, 5.74) is -0.299. The van der Waals surface area contributed by atoms with E-state index in [1.165, 1.54) is 17.0 Å². The van der Waals surface area contributed by atoms with Crippen LogP contribution in [-0.2, 0) is 11.3 Å². The summed E-state index contributed by atoms with van der Waals surface area (Å²) >= 11 is 5.56. The zero-order chi connectivity index (χ0) is 11.5. The highest BCUT2D eigenvalue weighted by atomic mass is 35.5. The Morgan fingerprint density at radius 3 is 2.75 bits per heavy atom. The maximum absolute atomic E-state index is 11.8. The lowest BCUT2D eigenvalue weighted by Crippen LogP contribution is -2.34. The molecule has 0 aromatic carbocycles. The van der Waals surface area contributed by atoms with E-state index in [4.69, 9.17) is 11.6 Å². The monoisotopic (exact) mass is 241 g/mol. The van der Waals surface area contributed by atoms with Crippen LogP contribution < -0.4 is 5.56 Å². The maximum atomic E-state index is 11.8. The summed E-state index contributed by atoms with van der Waals surface area (Å²) in [4.78, 5) is 28.8. The molecule has 2 rings (SSSR count). The van der Waals surface area contributed by atoms with Crippen LogP contribution in [0.1, 0.15) is 12.8 Å². The van der Waals surface area contributed by atoms with Crippen molar-refractivity contribution in [2.45, 2.75) is 19.4 Å². The molecule has 1 aromatic heterocycles. The fourth-order valence-corrected chi connectivity index (χ4v) is 1.87. The van der Waals surface area contributed by atoms with Gasteiger partial charge in [0.05, 0.1) is 6.33 Å². The molecule has 0 saturated carbocycles.